The fourth-order valence-electron chi connectivity index (χ4n) is 2.41. The van der Waals surface area contributed by atoms with Crippen molar-refractivity contribution in [2.75, 3.05) is 6.54 Å². The van der Waals surface area contributed by atoms with Gasteiger partial charge in [0.2, 0.25) is 0 Å². The van der Waals surface area contributed by atoms with Crippen LogP contribution >= 0.6 is 0 Å². The van der Waals surface area contributed by atoms with Gasteiger partial charge in [0.15, 0.2) is 0 Å². The lowest BCUT2D eigenvalue weighted by atomic mass is 10.0. The van der Waals surface area contributed by atoms with Gasteiger partial charge in [0.05, 0.1) is 0 Å². The first-order valence-electron chi connectivity index (χ1n) is 6.18. The average Bonchev–Trinajstić information content (AvgIpc) is 2.69. The Morgan fingerprint density at radius 2 is 2.06 bits per heavy atom. The van der Waals surface area contributed by atoms with Crippen molar-refractivity contribution in [2.45, 2.75) is 32.2 Å². The van der Waals surface area contributed by atoms with E-state index in [2.05, 4.69) is 0 Å². The molecule has 2 heterocycles. The predicted molar refractivity (Wildman–Crippen MR) is 66.5 cm³/mol. The summed E-state index contributed by atoms with van der Waals surface area (Å²) in [7, 11) is 1.82. The largest absolute Gasteiger partial charge is 0.480 e. The molecule has 1 amide bonds. The van der Waals surface area contributed by atoms with Crippen LogP contribution in [0.5, 0.6) is 0 Å². The second-order valence-corrected chi connectivity index (χ2v) is 4.77. The third-order valence-corrected chi connectivity index (χ3v) is 3.64. The molecule has 1 aliphatic heterocycles. The number of carbonyl (C=O) groups excluding carboxylic acids is 1. The zero-order valence-electron chi connectivity index (χ0n) is 10.7. The van der Waals surface area contributed by atoms with Gasteiger partial charge in [-0.25, -0.2) is 4.79 Å². The Kier molecular flexibility index (Phi) is 3.41. The van der Waals surface area contributed by atoms with Crippen molar-refractivity contribution in [3.8, 4) is 0 Å². The molecule has 0 spiro atoms. The number of hydrogen-bond acceptors (Lipinski definition) is 2. The summed E-state index contributed by atoms with van der Waals surface area (Å²) in [6.45, 7) is 2.45. The number of amides is 1. The maximum absolute atomic E-state index is 12.4. The van der Waals surface area contributed by atoms with Gasteiger partial charge in [0.1, 0.15) is 11.7 Å². The Labute approximate surface area is 106 Å². The lowest BCUT2D eigenvalue weighted by molar-refractivity contribution is -0.143. The first-order chi connectivity index (χ1) is 8.52. The van der Waals surface area contributed by atoms with Gasteiger partial charge in [0.25, 0.3) is 5.91 Å². The van der Waals surface area contributed by atoms with E-state index in [4.69, 9.17) is 0 Å². The lowest BCUT2D eigenvalue weighted by Crippen LogP contribution is -2.48. The summed E-state index contributed by atoms with van der Waals surface area (Å²) in [5.74, 6) is -1.09. The molecule has 5 nitrogen and oxygen atoms in total. The molecule has 18 heavy (non-hydrogen) atoms. The van der Waals surface area contributed by atoms with Crippen LogP contribution in [0, 0.1) is 6.92 Å². The highest BCUT2D eigenvalue weighted by Crippen LogP contribution is 2.20. The molecular formula is C13H18N2O3. The topological polar surface area (TPSA) is 62.5 Å². The second kappa shape index (κ2) is 4.84. The van der Waals surface area contributed by atoms with E-state index in [1.165, 1.54) is 4.90 Å². The van der Waals surface area contributed by atoms with Gasteiger partial charge in [0, 0.05) is 19.3 Å². The Morgan fingerprint density at radius 3 is 2.61 bits per heavy atom. The van der Waals surface area contributed by atoms with Gasteiger partial charge in [-0.05, 0) is 38.3 Å². The highest BCUT2D eigenvalue weighted by atomic mass is 16.4. The monoisotopic (exact) mass is 250 g/mol. The molecule has 0 aliphatic carbocycles. The molecule has 1 aromatic heterocycles. The average molecular weight is 250 g/mol. The molecule has 1 N–H and O–H groups in total. The number of piperidine rings is 1. The van der Waals surface area contributed by atoms with Crippen molar-refractivity contribution < 1.29 is 14.7 Å². The van der Waals surface area contributed by atoms with Gasteiger partial charge < -0.3 is 14.6 Å². The summed E-state index contributed by atoms with van der Waals surface area (Å²) < 4.78 is 1.80. The van der Waals surface area contributed by atoms with Crippen LogP contribution in [-0.2, 0) is 11.8 Å². The summed E-state index contributed by atoms with van der Waals surface area (Å²) >= 11 is 0. The van der Waals surface area contributed by atoms with Crippen molar-refractivity contribution in [3.63, 3.8) is 0 Å². The normalized spacial score (nSPS) is 19.9. The summed E-state index contributed by atoms with van der Waals surface area (Å²) in [6.07, 6.45) is 2.29. The molecule has 1 fully saturated rings. The van der Waals surface area contributed by atoms with E-state index < -0.39 is 12.0 Å². The van der Waals surface area contributed by atoms with Crippen LogP contribution in [0.3, 0.4) is 0 Å². The van der Waals surface area contributed by atoms with Gasteiger partial charge in [-0.15, -0.1) is 0 Å². The molecule has 1 aliphatic rings. The van der Waals surface area contributed by atoms with Gasteiger partial charge in [-0.3, -0.25) is 4.79 Å². The molecule has 5 heteroatoms. The smallest absolute Gasteiger partial charge is 0.326 e. The van der Waals surface area contributed by atoms with Crippen molar-refractivity contribution in [1.29, 1.82) is 0 Å². The summed E-state index contributed by atoms with van der Waals surface area (Å²) in [5.41, 5.74) is 1.54. The number of rotatable bonds is 2. The second-order valence-electron chi connectivity index (χ2n) is 4.77. The minimum Gasteiger partial charge on any atom is -0.480 e. The Bertz CT molecular complexity index is 479. The van der Waals surface area contributed by atoms with E-state index in [1.807, 2.05) is 20.0 Å². The number of aryl methyl sites for hydroxylation is 1. The molecule has 0 saturated carbocycles. The van der Waals surface area contributed by atoms with Crippen LogP contribution < -0.4 is 0 Å². The van der Waals surface area contributed by atoms with Gasteiger partial charge in [-0.1, -0.05) is 0 Å². The number of aliphatic carboxylic acids is 1. The molecule has 98 valence electrons. The molecule has 1 atom stereocenters. The van der Waals surface area contributed by atoms with Crippen LogP contribution in [0.15, 0.2) is 12.1 Å². The molecule has 0 bridgehead atoms. The summed E-state index contributed by atoms with van der Waals surface area (Å²) in [6, 6.07) is 2.94. The maximum Gasteiger partial charge on any atom is 0.326 e. The van der Waals surface area contributed by atoms with E-state index in [9.17, 15) is 14.7 Å². The zero-order valence-corrected chi connectivity index (χ0v) is 10.7. The van der Waals surface area contributed by atoms with Crippen LogP contribution in [0.25, 0.3) is 0 Å². The van der Waals surface area contributed by atoms with Crippen molar-refractivity contribution in [1.82, 2.24) is 9.47 Å². The van der Waals surface area contributed by atoms with Crippen molar-refractivity contribution in [2.24, 2.45) is 7.05 Å². The summed E-state index contributed by atoms with van der Waals surface area (Å²) in [4.78, 5) is 25.1. The van der Waals surface area contributed by atoms with Crippen LogP contribution in [0.4, 0.5) is 0 Å². The highest BCUT2D eigenvalue weighted by molar-refractivity contribution is 5.95. The number of hydrogen-bond donors (Lipinski definition) is 1. The van der Waals surface area contributed by atoms with E-state index in [-0.39, 0.29) is 5.91 Å². The van der Waals surface area contributed by atoms with Gasteiger partial charge in [-0.2, -0.15) is 0 Å². The zero-order chi connectivity index (χ0) is 13.3. The minimum atomic E-state index is -0.908. The number of carbonyl (C=O) groups is 2. The molecule has 1 saturated heterocycles. The molecule has 0 aromatic carbocycles. The number of aromatic nitrogens is 1. The Balaban J connectivity index is 2.26. The minimum absolute atomic E-state index is 0.183. The third-order valence-electron chi connectivity index (χ3n) is 3.64. The predicted octanol–water partition coefficient (Wildman–Crippen LogP) is 1.41. The molecular weight excluding hydrogens is 232 g/mol. The molecule has 0 radical (unpaired) electrons. The number of likely N-dealkylation sites (tertiary alicyclic amines) is 1. The number of carboxylic acid groups (broad SMARTS) is 1. The SMILES string of the molecule is Cc1ccc(C(=O)N2CCCC[C@H]2C(=O)O)n1C. The standard InChI is InChI=1S/C13H18N2O3/c1-9-6-7-10(14(9)2)12(16)15-8-4-3-5-11(15)13(17)18/h6-7,11H,3-5,8H2,1-2H3,(H,17,18)/t11-/m0/s1. The molecule has 2 rings (SSSR count). The van der Waals surface area contributed by atoms with Crippen LogP contribution in [-0.4, -0.2) is 39.0 Å². The first-order valence-corrected chi connectivity index (χ1v) is 6.18. The van der Waals surface area contributed by atoms with E-state index in [1.54, 1.807) is 10.6 Å². The maximum atomic E-state index is 12.4. The Hall–Kier alpha value is -1.78. The number of nitrogens with zero attached hydrogens (tertiary/aromatic N) is 2. The first kappa shape index (κ1) is 12.7. The quantitative estimate of drug-likeness (QED) is 0.863. The number of carboxylic acids is 1. The van der Waals surface area contributed by atoms with E-state index in [0.717, 1.165) is 18.5 Å². The van der Waals surface area contributed by atoms with Crippen molar-refractivity contribution >= 4 is 11.9 Å². The fraction of sp³-hybridized carbons (Fsp3) is 0.538. The molecule has 0 unspecified atom stereocenters. The van der Waals surface area contributed by atoms with Gasteiger partial charge >= 0.3 is 5.97 Å². The van der Waals surface area contributed by atoms with E-state index in [0.29, 0.717) is 18.7 Å². The molecule has 1 aromatic rings. The Morgan fingerprint density at radius 1 is 1.33 bits per heavy atom. The third kappa shape index (κ3) is 2.12. The highest BCUT2D eigenvalue weighted by Gasteiger charge is 2.33. The van der Waals surface area contributed by atoms with Crippen LogP contribution in [0.2, 0.25) is 0 Å². The van der Waals surface area contributed by atoms with Crippen LogP contribution in [0.1, 0.15) is 35.4 Å². The fourth-order valence-corrected chi connectivity index (χ4v) is 2.41. The van der Waals surface area contributed by atoms with E-state index >= 15 is 0 Å². The lowest BCUT2D eigenvalue weighted by Gasteiger charge is -2.33. The summed E-state index contributed by atoms with van der Waals surface area (Å²) in [5, 5.41) is 9.18. The van der Waals surface area contributed by atoms with Crippen molar-refractivity contribution in [3.05, 3.63) is 23.5 Å².